The fraction of sp³-hybridized carbons (Fsp3) is 0.407. The Balaban J connectivity index is 1.62. The molecular formula is C27H30F3N3O4. The van der Waals surface area contributed by atoms with Gasteiger partial charge in [-0.05, 0) is 35.7 Å². The first-order valence-electron chi connectivity index (χ1n) is 12.3. The Hall–Kier alpha value is -3.53. The molecule has 0 bridgehead atoms. The summed E-state index contributed by atoms with van der Waals surface area (Å²) in [7, 11) is 0. The first kappa shape index (κ1) is 28.0. The molecule has 10 heteroatoms. The van der Waals surface area contributed by atoms with E-state index < -0.39 is 17.7 Å². The molecule has 0 aliphatic rings. The number of hydroxylamine groups is 2. The standard InChI is InChI=1S/C27H30F3N3O4/c1-2-3-4-5-6-7-11-24-31-26(36-32-24)22-14-12-20(13-15-22)17-33(37-25(35)19-34)18-21-9-8-10-23(16-21)27(28,29)30/h8-10,12-16,19H,2-7,11,17-18H2,1H3. The van der Waals surface area contributed by atoms with Crippen LogP contribution in [0.25, 0.3) is 11.5 Å². The minimum absolute atomic E-state index is 0.000598. The van der Waals surface area contributed by atoms with Gasteiger partial charge < -0.3 is 9.36 Å². The Labute approximate surface area is 213 Å². The number of rotatable bonds is 14. The second-order valence-electron chi connectivity index (χ2n) is 8.75. The third kappa shape index (κ3) is 9.13. The fourth-order valence-electron chi connectivity index (χ4n) is 3.81. The number of benzene rings is 2. The van der Waals surface area contributed by atoms with Gasteiger partial charge in [0.1, 0.15) is 0 Å². The average molecular weight is 518 g/mol. The summed E-state index contributed by atoms with van der Waals surface area (Å²) in [4.78, 5) is 31.8. The minimum Gasteiger partial charge on any atom is -0.361 e. The topological polar surface area (TPSA) is 85.5 Å². The van der Waals surface area contributed by atoms with Crippen molar-refractivity contribution in [3.05, 3.63) is 71.0 Å². The van der Waals surface area contributed by atoms with Crippen LogP contribution in [0, 0.1) is 0 Å². The van der Waals surface area contributed by atoms with Crippen LogP contribution in [0.2, 0.25) is 0 Å². The van der Waals surface area contributed by atoms with E-state index in [2.05, 4.69) is 17.1 Å². The van der Waals surface area contributed by atoms with Crippen molar-refractivity contribution in [2.24, 2.45) is 0 Å². The van der Waals surface area contributed by atoms with Crippen molar-refractivity contribution in [2.75, 3.05) is 0 Å². The largest absolute Gasteiger partial charge is 0.416 e. The summed E-state index contributed by atoms with van der Waals surface area (Å²) in [5, 5.41) is 5.18. The van der Waals surface area contributed by atoms with Gasteiger partial charge >= 0.3 is 12.1 Å². The van der Waals surface area contributed by atoms with Crippen molar-refractivity contribution >= 4 is 12.3 Å². The van der Waals surface area contributed by atoms with Crippen molar-refractivity contribution < 1.29 is 32.1 Å². The van der Waals surface area contributed by atoms with Crippen molar-refractivity contribution in [1.29, 1.82) is 0 Å². The molecule has 0 spiro atoms. The number of carbonyl (C=O) groups is 2. The molecule has 0 aliphatic heterocycles. The SMILES string of the molecule is CCCCCCCCc1noc(-c2ccc(CN(Cc3cccc(C(F)(F)F)c3)OC(=O)C=O)cc2)n1. The molecule has 0 radical (unpaired) electrons. The summed E-state index contributed by atoms with van der Waals surface area (Å²) < 4.78 is 44.5. The van der Waals surface area contributed by atoms with E-state index in [1.807, 2.05) is 0 Å². The molecule has 0 fully saturated rings. The maximum absolute atomic E-state index is 13.1. The predicted octanol–water partition coefficient (Wildman–Crippen LogP) is 6.32. The van der Waals surface area contributed by atoms with Gasteiger partial charge in [-0.15, -0.1) is 5.06 Å². The Kier molecular flexibility index (Phi) is 10.4. The molecule has 0 aliphatic carbocycles. The lowest BCUT2D eigenvalue weighted by atomic mass is 10.1. The molecule has 3 aromatic rings. The van der Waals surface area contributed by atoms with E-state index in [9.17, 15) is 22.8 Å². The monoisotopic (exact) mass is 517 g/mol. The minimum atomic E-state index is -4.50. The number of nitrogens with zero attached hydrogens (tertiary/aromatic N) is 3. The van der Waals surface area contributed by atoms with E-state index in [-0.39, 0.29) is 24.9 Å². The lowest BCUT2D eigenvalue weighted by molar-refractivity contribution is -0.195. The highest BCUT2D eigenvalue weighted by molar-refractivity contribution is 6.20. The second kappa shape index (κ2) is 13.7. The number of aryl methyl sites for hydroxylation is 1. The summed E-state index contributed by atoms with van der Waals surface area (Å²) in [6.07, 6.45) is 3.29. The predicted molar refractivity (Wildman–Crippen MR) is 130 cm³/mol. The van der Waals surface area contributed by atoms with Gasteiger partial charge in [-0.3, -0.25) is 4.79 Å². The molecule has 0 unspecified atom stereocenters. The molecule has 0 amide bonds. The first-order chi connectivity index (χ1) is 17.8. The van der Waals surface area contributed by atoms with E-state index in [1.165, 1.54) is 37.8 Å². The van der Waals surface area contributed by atoms with Crippen molar-refractivity contribution in [3.63, 3.8) is 0 Å². The Bertz CT molecular complexity index is 1150. The van der Waals surface area contributed by atoms with Crippen LogP contribution >= 0.6 is 0 Å². The number of carbonyl (C=O) groups excluding carboxylic acids is 2. The molecular weight excluding hydrogens is 487 g/mol. The van der Waals surface area contributed by atoms with Crippen molar-refractivity contribution in [1.82, 2.24) is 15.2 Å². The van der Waals surface area contributed by atoms with E-state index in [4.69, 9.17) is 9.36 Å². The molecule has 2 aromatic carbocycles. The summed E-state index contributed by atoms with van der Waals surface area (Å²) >= 11 is 0. The van der Waals surface area contributed by atoms with Crippen LogP contribution in [-0.2, 0) is 40.1 Å². The van der Waals surface area contributed by atoms with Gasteiger partial charge in [-0.25, -0.2) is 4.79 Å². The molecule has 0 saturated carbocycles. The zero-order valence-corrected chi connectivity index (χ0v) is 20.7. The van der Waals surface area contributed by atoms with Gasteiger partial charge in [-0.1, -0.05) is 74.5 Å². The van der Waals surface area contributed by atoms with Crippen LogP contribution in [-0.4, -0.2) is 27.5 Å². The lowest BCUT2D eigenvalue weighted by Gasteiger charge is -2.21. The summed E-state index contributed by atoms with van der Waals surface area (Å²) in [6.45, 7) is 2.09. The second-order valence-corrected chi connectivity index (χ2v) is 8.75. The number of aldehydes is 1. The zero-order chi connectivity index (χ0) is 26.7. The van der Waals surface area contributed by atoms with Crippen LogP contribution in [0.15, 0.2) is 53.1 Å². The van der Waals surface area contributed by atoms with Crippen molar-refractivity contribution in [3.8, 4) is 11.5 Å². The quantitative estimate of drug-likeness (QED) is 0.107. The molecule has 37 heavy (non-hydrogen) atoms. The van der Waals surface area contributed by atoms with Gasteiger partial charge in [0.15, 0.2) is 5.82 Å². The highest BCUT2D eigenvalue weighted by atomic mass is 19.4. The van der Waals surface area contributed by atoms with Gasteiger partial charge in [0.2, 0.25) is 6.29 Å². The van der Waals surface area contributed by atoms with Crippen LogP contribution in [0.1, 0.15) is 68.0 Å². The smallest absolute Gasteiger partial charge is 0.361 e. The van der Waals surface area contributed by atoms with Crippen molar-refractivity contribution in [2.45, 2.75) is 71.1 Å². The number of aromatic nitrogens is 2. The number of hydrogen-bond donors (Lipinski definition) is 0. The number of alkyl halides is 3. The number of unbranched alkanes of at least 4 members (excludes halogenated alkanes) is 5. The number of hydrogen-bond acceptors (Lipinski definition) is 7. The van der Waals surface area contributed by atoms with E-state index in [1.54, 1.807) is 24.3 Å². The van der Waals surface area contributed by atoms with Crippen LogP contribution < -0.4 is 0 Å². The van der Waals surface area contributed by atoms with Gasteiger partial charge in [0.25, 0.3) is 5.89 Å². The molecule has 7 nitrogen and oxygen atoms in total. The van der Waals surface area contributed by atoms with Crippen LogP contribution in [0.3, 0.4) is 0 Å². The molecule has 0 atom stereocenters. The highest BCUT2D eigenvalue weighted by Crippen LogP contribution is 2.30. The third-order valence-corrected chi connectivity index (χ3v) is 5.71. The summed E-state index contributed by atoms with van der Waals surface area (Å²) in [5.41, 5.74) is 0.862. The van der Waals surface area contributed by atoms with E-state index >= 15 is 0 Å². The van der Waals surface area contributed by atoms with E-state index in [0.29, 0.717) is 22.8 Å². The number of halogens is 3. The molecule has 3 rings (SSSR count). The Morgan fingerprint density at radius 1 is 1.00 bits per heavy atom. The van der Waals surface area contributed by atoms with E-state index in [0.717, 1.165) is 36.5 Å². The molecule has 198 valence electrons. The van der Waals surface area contributed by atoms with Gasteiger partial charge in [0.05, 0.1) is 18.7 Å². The highest BCUT2D eigenvalue weighted by Gasteiger charge is 2.30. The van der Waals surface area contributed by atoms with Gasteiger partial charge in [-0.2, -0.15) is 18.2 Å². The molecule has 1 aromatic heterocycles. The molecule has 0 N–H and O–H groups in total. The maximum Gasteiger partial charge on any atom is 0.416 e. The molecule has 0 saturated heterocycles. The lowest BCUT2D eigenvalue weighted by Crippen LogP contribution is -2.27. The average Bonchev–Trinajstić information content (AvgIpc) is 3.35. The zero-order valence-electron chi connectivity index (χ0n) is 20.7. The van der Waals surface area contributed by atoms with Gasteiger partial charge in [0, 0.05) is 12.0 Å². The van der Waals surface area contributed by atoms with Crippen LogP contribution in [0.5, 0.6) is 0 Å². The third-order valence-electron chi connectivity index (χ3n) is 5.71. The summed E-state index contributed by atoms with van der Waals surface area (Å²) in [5.74, 6) is -0.101. The fourth-order valence-corrected chi connectivity index (χ4v) is 3.81. The first-order valence-corrected chi connectivity index (χ1v) is 12.3. The van der Waals surface area contributed by atoms with Crippen LogP contribution in [0.4, 0.5) is 13.2 Å². The summed E-state index contributed by atoms with van der Waals surface area (Å²) in [6, 6.07) is 11.7. The Morgan fingerprint density at radius 3 is 2.41 bits per heavy atom. The molecule has 1 heterocycles. The normalized spacial score (nSPS) is 11.6. The Morgan fingerprint density at radius 2 is 1.70 bits per heavy atom. The maximum atomic E-state index is 13.1.